The lowest BCUT2D eigenvalue weighted by molar-refractivity contribution is 0.737. The summed E-state index contributed by atoms with van der Waals surface area (Å²) in [4.78, 5) is 0. The van der Waals surface area contributed by atoms with Crippen molar-refractivity contribution in [2.75, 3.05) is 11.9 Å². The van der Waals surface area contributed by atoms with E-state index < -0.39 is 0 Å². The lowest BCUT2D eigenvalue weighted by Crippen LogP contribution is -2.20. The van der Waals surface area contributed by atoms with Crippen LogP contribution in [0, 0.1) is 0 Å². The Morgan fingerprint density at radius 2 is 2.25 bits per heavy atom. The van der Waals surface area contributed by atoms with Crippen molar-refractivity contribution < 1.29 is 0 Å². The molecule has 0 spiro atoms. The maximum absolute atomic E-state index is 6.01. The van der Waals surface area contributed by atoms with Crippen molar-refractivity contribution in [1.82, 2.24) is 19.6 Å². The van der Waals surface area contributed by atoms with Crippen LogP contribution < -0.4 is 11.1 Å². The molecule has 86 valence electrons. The number of anilines is 1. The summed E-state index contributed by atoms with van der Waals surface area (Å²) < 4.78 is 3.49. The highest BCUT2D eigenvalue weighted by atomic mass is 15.3. The van der Waals surface area contributed by atoms with Crippen LogP contribution in [0.5, 0.6) is 0 Å². The minimum absolute atomic E-state index is 0.0734. The van der Waals surface area contributed by atoms with Crippen LogP contribution in [0.2, 0.25) is 0 Å². The van der Waals surface area contributed by atoms with E-state index in [4.69, 9.17) is 5.73 Å². The second kappa shape index (κ2) is 4.36. The van der Waals surface area contributed by atoms with E-state index in [2.05, 4.69) is 15.5 Å². The van der Waals surface area contributed by atoms with Gasteiger partial charge in [0.2, 0.25) is 0 Å². The van der Waals surface area contributed by atoms with Crippen LogP contribution in [0.15, 0.2) is 24.7 Å². The Morgan fingerprint density at radius 1 is 1.44 bits per heavy atom. The van der Waals surface area contributed by atoms with E-state index in [9.17, 15) is 0 Å². The minimum Gasteiger partial charge on any atom is -0.367 e. The lowest BCUT2D eigenvalue weighted by atomic mass is 10.2. The Morgan fingerprint density at radius 3 is 2.81 bits per heavy atom. The van der Waals surface area contributed by atoms with Crippen molar-refractivity contribution in [1.29, 1.82) is 0 Å². The Kier molecular flexibility index (Phi) is 2.91. The first-order chi connectivity index (χ1) is 7.65. The lowest BCUT2D eigenvalue weighted by Gasteiger charge is -2.09. The molecule has 0 saturated carbocycles. The van der Waals surface area contributed by atoms with Gasteiger partial charge in [0, 0.05) is 44.7 Å². The molecule has 0 aliphatic heterocycles. The summed E-state index contributed by atoms with van der Waals surface area (Å²) in [6.07, 6.45) is 5.59. The summed E-state index contributed by atoms with van der Waals surface area (Å²) >= 11 is 0. The summed E-state index contributed by atoms with van der Waals surface area (Å²) in [7, 11) is 3.76. The Hall–Kier alpha value is -1.82. The standard InChI is InChI=1S/C10H16N6/c1-15-4-3-10(14-15)12-6-9(11)8-5-13-16(2)7-8/h3-5,7,9H,6,11H2,1-2H3,(H,12,14). The zero-order valence-electron chi connectivity index (χ0n) is 9.46. The summed E-state index contributed by atoms with van der Waals surface area (Å²) in [5.41, 5.74) is 7.03. The van der Waals surface area contributed by atoms with Gasteiger partial charge in [-0.05, 0) is 0 Å². The molecule has 16 heavy (non-hydrogen) atoms. The average Bonchev–Trinajstić information content (AvgIpc) is 2.84. The van der Waals surface area contributed by atoms with E-state index in [1.54, 1.807) is 15.6 Å². The third-order valence-corrected chi connectivity index (χ3v) is 2.37. The van der Waals surface area contributed by atoms with Crippen LogP contribution in [0.25, 0.3) is 0 Å². The first-order valence-corrected chi connectivity index (χ1v) is 5.13. The molecule has 3 N–H and O–H groups in total. The Balaban J connectivity index is 1.91. The normalized spacial score (nSPS) is 12.7. The van der Waals surface area contributed by atoms with Crippen molar-refractivity contribution >= 4 is 5.82 Å². The summed E-state index contributed by atoms with van der Waals surface area (Å²) in [6.45, 7) is 0.642. The second-order valence-corrected chi connectivity index (χ2v) is 3.81. The Labute approximate surface area is 94.1 Å². The zero-order chi connectivity index (χ0) is 11.5. The summed E-state index contributed by atoms with van der Waals surface area (Å²) in [6, 6.07) is 1.84. The monoisotopic (exact) mass is 220 g/mol. The second-order valence-electron chi connectivity index (χ2n) is 3.81. The van der Waals surface area contributed by atoms with Crippen LogP contribution in [0.3, 0.4) is 0 Å². The van der Waals surface area contributed by atoms with Crippen LogP contribution in [-0.4, -0.2) is 26.1 Å². The van der Waals surface area contributed by atoms with Crippen molar-refractivity contribution in [2.45, 2.75) is 6.04 Å². The molecular weight excluding hydrogens is 204 g/mol. The highest BCUT2D eigenvalue weighted by molar-refractivity contribution is 5.32. The van der Waals surface area contributed by atoms with Crippen molar-refractivity contribution in [2.24, 2.45) is 19.8 Å². The van der Waals surface area contributed by atoms with E-state index >= 15 is 0 Å². The van der Waals surface area contributed by atoms with Crippen LogP contribution in [0.4, 0.5) is 5.82 Å². The number of nitrogens with two attached hydrogens (primary N) is 1. The van der Waals surface area contributed by atoms with Gasteiger partial charge in [0.1, 0.15) is 5.82 Å². The molecular formula is C10H16N6. The molecule has 2 rings (SSSR count). The number of hydrogen-bond acceptors (Lipinski definition) is 4. The maximum Gasteiger partial charge on any atom is 0.148 e. The summed E-state index contributed by atoms with van der Waals surface area (Å²) in [5, 5.41) is 11.5. The molecule has 6 nitrogen and oxygen atoms in total. The van der Waals surface area contributed by atoms with E-state index in [0.29, 0.717) is 6.54 Å². The van der Waals surface area contributed by atoms with Crippen LogP contribution in [-0.2, 0) is 14.1 Å². The van der Waals surface area contributed by atoms with Gasteiger partial charge >= 0.3 is 0 Å². The SMILES string of the molecule is Cn1cc(C(N)CNc2ccn(C)n2)cn1. The molecule has 0 aliphatic carbocycles. The fraction of sp³-hybridized carbons (Fsp3) is 0.400. The smallest absolute Gasteiger partial charge is 0.148 e. The fourth-order valence-corrected chi connectivity index (χ4v) is 1.47. The largest absolute Gasteiger partial charge is 0.367 e. The van der Waals surface area contributed by atoms with E-state index in [-0.39, 0.29) is 6.04 Å². The van der Waals surface area contributed by atoms with Gasteiger partial charge in [-0.25, -0.2) is 0 Å². The first-order valence-electron chi connectivity index (χ1n) is 5.13. The molecule has 6 heteroatoms. The number of nitrogens with zero attached hydrogens (tertiary/aromatic N) is 4. The third-order valence-electron chi connectivity index (χ3n) is 2.37. The van der Waals surface area contributed by atoms with Gasteiger partial charge in [-0.1, -0.05) is 0 Å². The fourth-order valence-electron chi connectivity index (χ4n) is 1.47. The highest BCUT2D eigenvalue weighted by Crippen LogP contribution is 2.09. The average molecular weight is 220 g/mol. The molecule has 2 aromatic heterocycles. The molecule has 2 aromatic rings. The highest BCUT2D eigenvalue weighted by Gasteiger charge is 2.08. The van der Waals surface area contributed by atoms with E-state index in [0.717, 1.165) is 11.4 Å². The van der Waals surface area contributed by atoms with Gasteiger partial charge in [0.15, 0.2) is 0 Å². The first kappa shape index (κ1) is 10.7. The predicted octanol–water partition coefficient (Wildman–Crippen LogP) is 0.265. The van der Waals surface area contributed by atoms with Gasteiger partial charge in [-0.15, -0.1) is 0 Å². The number of rotatable bonds is 4. The third kappa shape index (κ3) is 2.40. The molecule has 0 aliphatic rings. The molecule has 0 saturated heterocycles. The number of nitrogens with one attached hydrogen (secondary N) is 1. The molecule has 0 radical (unpaired) electrons. The molecule has 1 atom stereocenters. The van der Waals surface area contributed by atoms with E-state index in [1.807, 2.05) is 32.6 Å². The molecule has 0 bridgehead atoms. The van der Waals surface area contributed by atoms with Gasteiger partial charge in [-0.2, -0.15) is 10.2 Å². The van der Waals surface area contributed by atoms with Gasteiger partial charge in [0.05, 0.1) is 12.2 Å². The number of aromatic nitrogens is 4. The molecule has 1 unspecified atom stereocenters. The predicted molar refractivity (Wildman–Crippen MR) is 61.8 cm³/mol. The minimum atomic E-state index is -0.0734. The number of aryl methyl sites for hydroxylation is 2. The van der Waals surface area contributed by atoms with Crippen molar-refractivity contribution in [3.8, 4) is 0 Å². The molecule has 2 heterocycles. The number of hydrogen-bond donors (Lipinski definition) is 2. The van der Waals surface area contributed by atoms with Gasteiger partial charge in [-0.3, -0.25) is 9.36 Å². The molecule has 0 amide bonds. The van der Waals surface area contributed by atoms with Gasteiger partial charge < -0.3 is 11.1 Å². The maximum atomic E-state index is 6.01. The summed E-state index contributed by atoms with van der Waals surface area (Å²) in [5.74, 6) is 0.835. The topological polar surface area (TPSA) is 73.7 Å². The van der Waals surface area contributed by atoms with Crippen molar-refractivity contribution in [3.63, 3.8) is 0 Å². The Bertz CT molecular complexity index is 457. The van der Waals surface area contributed by atoms with Gasteiger partial charge in [0.25, 0.3) is 0 Å². The van der Waals surface area contributed by atoms with Crippen LogP contribution in [0.1, 0.15) is 11.6 Å². The molecule has 0 aromatic carbocycles. The van der Waals surface area contributed by atoms with Crippen LogP contribution >= 0.6 is 0 Å². The van der Waals surface area contributed by atoms with Crippen molar-refractivity contribution in [3.05, 3.63) is 30.2 Å². The molecule has 0 fully saturated rings. The quantitative estimate of drug-likeness (QED) is 0.775. The zero-order valence-corrected chi connectivity index (χ0v) is 9.46. The van der Waals surface area contributed by atoms with E-state index in [1.165, 1.54) is 0 Å².